The van der Waals surface area contributed by atoms with Gasteiger partial charge in [-0.15, -0.1) is 11.8 Å². The fourth-order valence-corrected chi connectivity index (χ4v) is 6.06. The van der Waals surface area contributed by atoms with Crippen LogP contribution in [0.5, 0.6) is 5.75 Å². The summed E-state index contributed by atoms with van der Waals surface area (Å²) < 4.78 is 5.47. The number of nitrogens with zero attached hydrogens (tertiary/aromatic N) is 2. The molecule has 5 nitrogen and oxygen atoms in total. The van der Waals surface area contributed by atoms with Gasteiger partial charge >= 0.3 is 0 Å². The van der Waals surface area contributed by atoms with Crippen LogP contribution < -0.4 is 9.64 Å². The van der Waals surface area contributed by atoms with Crippen LogP contribution in [0, 0.1) is 0 Å². The quantitative estimate of drug-likeness (QED) is 0.549. The zero-order chi connectivity index (χ0) is 22.3. The van der Waals surface area contributed by atoms with Gasteiger partial charge in [0.25, 0.3) is 11.8 Å². The summed E-state index contributed by atoms with van der Waals surface area (Å²) in [7, 11) is 1.60. The van der Waals surface area contributed by atoms with Crippen molar-refractivity contribution in [2.45, 2.75) is 11.4 Å². The first-order chi connectivity index (χ1) is 15.5. The van der Waals surface area contributed by atoms with E-state index in [4.69, 9.17) is 16.3 Å². The molecule has 0 bridgehead atoms. The fourth-order valence-electron chi connectivity index (χ4n) is 4.42. The Morgan fingerprint density at radius 1 is 1.09 bits per heavy atom. The van der Waals surface area contributed by atoms with Crippen molar-refractivity contribution in [3.63, 3.8) is 0 Å². The molecule has 0 saturated carbocycles. The molecule has 1 atom stereocenters. The number of anilines is 1. The standard InChI is InChI=1S/C25H21ClN2O3S/c1-31-20-10-11-22-21(15-20)25(24(30)27(22)16-17-6-3-2-4-7-17)28(12-13-32-25)23(29)18-8-5-9-19(26)14-18/h2-11,14-15H,12-13,16H2,1H3/t25-/m0/s1. The highest BCUT2D eigenvalue weighted by Crippen LogP contribution is 2.55. The molecular weight excluding hydrogens is 444 g/mol. The van der Waals surface area contributed by atoms with Crippen molar-refractivity contribution in [2.24, 2.45) is 0 Å². The highest BCUT2D eigenvalue weighted by molar-refractivity contribution is 8.01. The van der Waals surface area contributed by atoms with Crippen LogP contribution in [-0.4, -0.2) is 36.1 Å². The SMILES string of the molecule is COc1ccc2c(c1)[C@]1(SCCN1C(=O)c1cccc(Cl)c1)C(=O)N2Cc1ccccc1. The Labute approximate surface area is 195 Å². The predicted molar refractivity (Wildman–Crippen MR) is 127 cm³/mol. The van der Waals surface area contributed by atoms with Gasteiger partial charge in [0, 0.05) is 28.4 Å². The lowest BCUT2D eigenvalue weighted by Crippen LogP contribution is -2.50. The maximum Gasteiger partial charge on any atom is 0.268 e. The van der Waals surface area contributed by atoms with Gasteiger partial charge in [-0.3, -0.25) is 9.59 Å². The molecule has 3 aromatic rings. The van der Waals surface area contributed by atoms with E-state index in [-0.39, 0.29) is 11.8 Å². The van der Waals surface area contributed by atoms with Crippen molar-refractivity contribution in [3.05, 3.63) is 94.5 Å². The van der Waals surface area contributed by atoms with E-state index in [1.54, 1.807) is 41.2 Å². The summed E-state index contributed by atoms with van der Waals surface area (Å²) >= 11 is 7.64. The minimum Gasteiger partial charge on any atom is -0.497 e. The van der Waals surface area contributed by atoms with Gasteiger partial charge in [0.15, 0.2) is 4.87 Å². The highest BCUT2D eigenvalue weighted by Gasteiger charge is 2.59. The van der Waals surface area contributed by atoms with Gasteiger partial charge in [-0.2, -0.15) is 0 Å². The van der Waals surface area contributed by atoms with Crippen LogP contribution in [0.25, 0.3) is 0 Å². The maximum absolute atomic E-state index is 14.0. The molecule has 0 unspecified atom stereocenters. The molecule has 162 valence electrons. The lowest BCUT2D eigenvalue weighted by atomic mass is 10.0. The van der Waals surface area contributed by atoms with Gasteiger partial charge in [0.1, 0.15) is 5.75 Å². The third-order valence-electron chi connectivity index (χ3n) is 5.90. The number of rotatable bonds is 4. The molecule has 0 aromatic heterocycles. The molecule has 1 saturated heterocycles. The summed E-state index contributed by atoms with van der Waals surface area (Å²) in [5.41, 5.74) is 3.09. The number of amides is 2. The second kappa shape index (κ2) is 8.19. The number of benzene rings is 3. The van der Waals surface area contributed by atoms with Crippen LogP contribution in [0.4, 0.5) is 5.69 Å². The lowest BCUT2D eigenvalue weighted by Gasteiger charge is -2.33. The Bertz CT molecular complexity index is 1200. The van der Waals surface area contributed by atoms with E-state index in [1.165, 1.54) is 11.8 Å². The Kier molecular flexibility index (Phi) is 5.35. The third kappa shape index (κ3) is 3.26. The zero-order valence-electron chi connectivity index (χ0n) is 17.5. The summed E-state index contributed by atoms with van der Waals surface area (Å²) in [6.07, 6.45) is 0. The number of hydrogen-bond donors (Lipinski definition) is 0. The predicted octanol–water partition coefficient (Wildman–Crippen LogP) is 4.94. The normalized spacial score (nSPS) is 19.5. The van der Waals surface area contributed by atoms with Crippen molar-refractivity contribution in [1.29, 1.82) is 0 Å². The second-order valence-electron chi connectivity index (χ2n) is 7.72. The number of fused-ring (bicyclic) bond motifs is 2. The fraction of sp³-hybridized carbons (Fsp3) is 0.200. The summed E-state index contributed by atoms with van der Waals surface area (Å²) in [5.74, 6) is 0.997. The molecule has 32 heavy (non-hydrogen) atoms. The summed E-state index contributed by atoms with van der Waals surface area (Å²) in [5, 5.41) is 0.488. The minimum absolute atomic E-state index is 0.109. The molecule has 5 rings (SSSR count). The molecule has 0 N–H and O–H groups in total. The van der Waals surface area contributed by atoms with Crippen LogP contribution in [0.1, 0.15) is 21.5 Å². The van der Waals surface area contributed by atoms with Crippen LogP contribution in [0.15, 0.2) is 72.8 Å². The Morgan fingerprint density at radius 2 is 1.91 bits per heavy atom. The molecule has 2 amide bonds. The molecule has 1 spiro atoms. The molecule has 2 aliphatic rings. The Morgan fingerprint density at radius 3 is 2.66 bits per heavy atom. The van der Waals surface area contributed by atoms with E-state index in [2.05, 4.69) is 0 Å². The van der Waals surface area contributed by atoms with Gasteiger partial charge in [-0.05, 0) is 42.0 Å². The maximum atomic E-state index is 14.0. The van der Waals surface area contributed by atoms with Crippen molar-refractivity contribution in [3.8, 4) is 5.75 Å². The number of ether oxygens (including phenoxy) is 1. The summed E-state index contributed by atoms with van der Waals surface area (Å²) in [6.45, 7) is 0.901. The number of halogens is 1. The van der Waals surface area contributed by atoms with Crippen LogP contribution in [-0.2, 0) is 16.2 Å². The van der Waals surface area contributed by atoms with Gasteiger partial charge in [-0.1, -0.05) is 48.0 Å². The Balaban J connectivity index is 1.62. The Hall–Kier alpha value is -2.96. The minimum atomic E-state index is -1.13. The van der Waals surface area contributed by atoms with E-state index in [1.807, 2.05) is 48.5 Å². The van der Waals surface area contributed by atoms with E-state index in [0.717, 1.165) is 16.8 Å². The molecule has 7 heteroatoms. The van der Waals surface area contributed by atoms with Crippen molar-refractivity contribution in [2.75, 3.05) is 24.3 Å². The molecule has 2 heterocycles. The number of methoxy groups -OCH3 is 1. The first-order valence-corrected chi connectivity index (χ1v) is 11.7. The molecule has 0 aliphatic carbocycles. The van der Waals surface area contributed by atoms with Gasteiger partial charge in [-0.25, -0.2) is 0 Å². The average Bonchev–Trinajstić information content (AvgIpc) is 3.36. The van der Waals surface area contributed by atoms with Crippen molar-refractivity contribution in [1.82, 2.24) is 4.90 Å². The van der Waals surface area contributed by atoms with E-state index in [9.17, 15) is 9.59 Å². The molecular formula is C25H21ClN2O3S. The molecule has 1 fully saturated rings. The number of carbonyl (C=O) groups excluding carboxylic acids is 2. The van der Waals surface area contributed by atoms with E-state index in [0.29, 0.717) is 35.2 Å². The smallest absolute Gasteiger partial charge is 0.268 e. The van der Waals surface area contributed by atoms with Crippen LogP contribution in [0.3, 0.4) is 0 Å². The van der Waals surface area contributed by atoms with Gasteiger partial charge < -0.3 is 14.5 Å². The third-order valence-corrected chi connectivity index (χ3v) is 7.56. The van der Waals surface area contributed by atoms with E-state index >= 15 is 0 Å². The lowest BCUT2D eigenvalue weighted by molar-refractivity contribution is -0.123. The largest absolute Gasteiger partial charge is 0.497 e. The van der Waals surface area contributed by atoms with Gasteiger partial charge in [0.05, 0.1) is 19.3 Å². The summed E-state index contributed by atoms with van der Waals surface area (Å²) in [4.78, 5) is 30.0. The summed E-state index contributed by atoms with van der Waals surface area (Å²) in [6, 6.07) is 22.4. The van der Waals surface area contributed by atoms with Crippen molar-refractivity contribution < 1.29 is 14.3 Å². The molecule has 0 radical (unpaired) electrons. The molecule has 3 aromatic carbocycles. The second-order valence-corrected chi connectivity index (χ2v) is 9.44. The van der Waals surface area contributed by atoms with Crippen LogP contribution >= 0.6 is 23.4 Å². The molecule has 2 aliphatic heterocycles. The first kappa shape index (κ1) is 20.9. The topological polar surface area (TPSA) is 49.9 Å². The monoisotopic (exact) mass is 464 g/mol. The number of thioether (sulfide) groups is 1. The van der Waals surface area contributed by atoms with E-state index < -0.39 is 4.87 Å². The van der Waals surface area contributed by atoms with Crippen molar-refractivity contribution >= 4 is 40.9 Å². The number of hydrogen-bond acceptors (Lipinski definition) is 4. The highest BCUT2D eigenvalue weighted by atomic mass is 35.5. The zero-order valence-corrected chi connectivity index (χ0v) is 19.0. The first-order valence-electron chi connectivity index (χ1n) is 10.3. The van der Waals surface area contributed by atoms with Crippen LogP contribution in [0.2, 0.25) is 5.02 Å². The number of carbonyl (C=O) groups is 2. The van der Waals surface area contributed by atoms with Gasteiger partial charge in [0.2, 0.25) is 0 Å². The average molecular weight is 465 g/mol.